The molecule has 0 aromatic heterocycles. The monoisotopic (exact) mass is 216 g/mol. The van der Waals surface area contributed by atoms with E-state index < -0.39 is 0 Å². The van der Waals surface area contributed by atoms with E-state index in [2.05, 4.69) is 34.6 Å². The Kier molecular flexibility index (Phi) is 6.46. The van der Waals surface area contributed by atoms with Crippen molar-refractivity contribution in [3.8, 4) is 0 Å². The summed E-state index contributed by atoms with van der Waals surface area (Å²) >= 11 is 0. The molecule has 3 atom stereocenters. The second-order valence-electron chi connectivity index (χ2n) is 5.72. The first-order chi connectivity index (χ1) is 6.82. The molecule has 0 bridgehead atoms. The van der Waals surface area contributed by atoms with E-state index in [4.69, 9.17) is 4.74 Å². The first-order valence-electron chi connectivity index (χ1n) is 6.03. The van der Waals surface area contributed by atoms with Gasteiger partial charge in [0, 0.05) is 7.11 Å². The Labute approximate surface area is 95.0 Å². The number of ether oxygens (including phenoxy) is 1. The van der Waals surface area contributed by atoms with Crippen LogP contribution in [0, 0.1) is 11.3 Å². The van der Waals surface area contributed by atoms with Gasteiger partial charge in [0.2, 0.25) is 0 Å². The van der Waals surface area contributed by atoms with Gasteiger partial charge in [0.1, 0.15) is 0 Å². The second-order valence-corrected chi connectivity index (χ2v) is 5.72. The number of rotatable bonds is 6. The molecule has 0 aromatic carbocycles. The van der Waals surface area contributed by atoms with Crippen molar-refractivity contribution in [2.75, 3.05) is 7.11 Å². The molecule has 0 spiro atoms. The van der Waals surface area contributed by atoms with E-state index >= 15 is 0 Å². The van der Waals surface area contributed by atoms with Crippen LogP contribution in [0.2, 0.25) is 0 Å². The molecule has 0 radical (unpaired) electrons. The van der Waals surface area contributed by atoms with E-state index in [1.54, 1.807) is 7.11 Å². The molecule has 0 rings (SSSR count). The summed E-state index contributed by atoms with van der Waals surface area (Å²) in [4.78, 5) is 0. The van der Waals surface area contributed by atoms with Gasteiger partial charge < -0.3 is 9.84 Å². The lowest BCUT2D eigenvalue weighted by Crippen LogP contribution is -2.40. The Morgan fingerprint density at radius 2 is 1.80 bits per heavy atom. The molecule has 2 nitrogen and oxygen atoms in total. The Bertz CT molecular complexity index is 160. The number of methoxy groups -OCH3 is 1. The fraction of sp³-hybridized carbons (Fsp3) is 1.00. The van der Waals surface area contributed by atoms with Gasteiger partial charge in [0.05, 0.1) is 12.2 Å². The molecule has 0 aliphatic carbocycles. The normalized spacial score (nSPS) is 18.6. The summed E-state index contributed by atoms with van der Waals surface area (Å²) in [7, 11) is 1.68. The number of hydrogen-bond acceptors (Lipinski definition) is 2. The Morgan fingerprint density at radius 1 is 1.27 bits per heavy atom. The second kappa shape index (κ2) is 6.49. The van der Waals surface area contributed by atoms with Crippen LogP contribution in [-0.2, 0) is 4.74 Å². The predicted molar refractivity (Wildman–Crippen MR) is 64.9 cm³/mol. The zero-order valence-corrected chi connectivity index (χ0v) is 11.2. The molecule has 0 fully saturated rings. The van der Waals surface area contributed by atoms with Crippen molar-refractivity contribution in [1.82, 2.24) is 0 Å². The molecule has 0 aliphatic heterocycles. The van der Waals surface area contributed by atoms with E-state index in [0.717, 1.165) is 6.42 Å². The number of aliphatic hydroxyl groups is 1. The van der Waals surface area contributed by atoms with Crippen LogP contribution in [0.15, 0.2) is 0 Å². The summed E-state index contributed by atoms with van der Waals surface area (Å²) in [5, 5.41) is 10.1. The van der Waals surface area contributed by atoms with Crippen molar-refractivity contribution in [2.24, 2.45) is 11.3 Å². The molecule has 0 saturated carbocycles. The highest BCUT2D eigenvalue weighted by atomic mass is 16.5. The summed E-state index contributed by atoms with van der Waals surface area (Å²) in [6, 6.07) is 0. The third-order valence-corrected chi connectivity index (χ3v) is 2.88. The van der Waals surface area contributed by atoms with Crippen LogP contribution in [0.4, 0.5) is 0 Å². The summed E-state index contributed by atoms with van der Waals surface area (Å²) < 4.78 is 5.41. The summed E-state index contributed by atoms with van der Waals surface area (Å²) in [5.41, 5.74) is 0.000101. The SMILES string of the molecule is CCCC(C)CC(O)C(OC)C(C)(C)C. The van der Waals surface area contributed by atoms with Crippen LogP contribution in [0.3, 0.4) is 0 Å². The highest BCUT2D eigenvalue weighted by molar-refractivity contribution is 4.82. The lowest BCUT2D eigenvalue weighted by atomic mass is 9.82. The molecule has 0 amide bonds. The van der Waals surface area contributed by atoms with Crippen LogP contribution < -0.4 is 0 Å². The average Bonchev–Trinajstić information content (AvgIpc) is 2.02. The van der Waals surface area contributed by atoms with Crippen LogP contribution in [0.1, 0.15) is 53.9 Å². The lowest BCUT2D eigenvalue weighted by Gasteiger charge is -2.34. The Morgan fingerprint density at radius 3 is 2.13 bits per heavy atom. The maximum absolute atomic E-state index is 10.1. The smallest absolute Gasteiger partial charge is 0.0878 e. The molecule has 0 aliphatic rings. The Hall–Kier alpha value is -0.0800. The minimum absolute atomic E-state index is 0.000101. The van der Waals surface area contributed by atoms with E-state index in [-0.39, 0.29) is 17.6 Å². The van der Waals surface area contributed by atoms with Gasteiger partial charge in [-0.05, 0) is 17.8 Å². The first-order valence-corrected chi connectivity index (χ1v) is 6.03. The maximum atomic E-state index is 10.1. The Balaban J connectivity index is 4.21. The quantitative estimate of drug-likeness (QED) is 0.738. The van der Waals surface area contributed by atoms with Crippen molar-refractivity contribution in [1.29, 1.82) is 0 Å². The molecule has 15 heavy (non-hydrogen) atoms. The van der Waals surface area contributed by atoms with Gasteiger partial charge in [-0.15, -0.1) is 0 Å². The van der Waals surface area contributed by atoms with Crippen molar-refractivity contribution in [2.45, 2.75) is 66.1 Å². The van der Waals surface area contributed by atoms with Crippen molar-refractivity contribution in [3.63, 3.8) is 0 Å². The van der Waals surface area contributed by atoms with Gasteiger partial charge in [0.25, 0.3) is 0 Å². The fourth-order valence-electron chi connectivity index (χ4n) is 2.23. The van der Waals surface area contributed by atoms with Crippen molar-refractivity contribution < 1.29 is 9.84 Å². The van der Waals surface area contributed by atoms with Crippen LogP contribution in [-0.4, -0.2) is 24.4 Å². The standard InChI is InChI=1S/C13H28O2/c1-7-8-10(2)9-11(14)12(15-6)13(3,4)5/h10-12,14H,7-9H2,1-6H3. The van der Waals surface area contributed by atoms with Gasteiger partial charge in [-0.25, -0.2) is 0 Å². The highest BCUT2D eigenvalue weighted by Crippen LogP contribution is 2.28. The predicted octanol–water partition coefficient (Wildman–Crippen LogP) is 3.23. The topological polar surface area (TPSA) is 29.5 Å². The van der Waals surface area contributed by atoms with Gasteiger partial charge >= 0.3 is 0 Å². The van der Waals surface area contributed by atoms with E-state index in [1.807, 2.05) is 0 Å². The maximum Gasteiger partial charge on any atom is 0.0878 e. The van der Waals surface area contributed by atoms with Gasteiger partial charge in [0.15, 0.2) is 0 Å². The third kappa shape index (κ3) is 5.53. The molecule has 92 valence electrons. The zero-order valence-electron chi connectivity index (χ0n) is 11.2. The third-order valence-electron chi connectivity index (χ3n) is 2.88. The number of hydrogen-bond donors (Lipinski definition) is 1. The summed E-state index contributed by atoms with van der Waals surface area (Å²) in [6.45, 7) is 10.7. The molecule has 1 N–H and O–H groups in total. The molecular formula is C13H28O2. The minimum Gasteiger partial charge on any atom is -0.390 e. The van der Waals surface area contributed by atoms with Crippen molar-refractivity contribution in [3.05, 3.63) is 0 Å². The number of aliphatic hydroxyl groups excluding tert-OH is 1. The fourth-order valence-corrected chi connectivity index (χ4v) is 2.23. The largest absolute Gasteiger partial charge is 0.390 e. The molecule has 0 heterocycles. The summed E-state index contributed by atoms with van der Waals surface area (Å²) in [5.74, 6) is 0.574. The molecular weight excluding hydrogens is 188 g/mol. The van der Waals surface area contributed by atoms with Gasteiger partial charge in [-0.3, -0.25) is 0 Å². The minimum atomic E-state index is -0.350. The van der Waals surface area contributed by atoms with E-state index in [1.165, 1.54) is 12.8 Å². The first kappa shape index (κ1) is 14.9. The summed E-state index contributed by atoms with van der Waals surface area (Å²) in [6.07, 6.45) is 2.77. The van der Waals surface area contributed by atoms with Crippen LogP contribution in [0.25, 0.3) is 0 Å². The van der Waals surface area contributed by atoms with E-state index in [0.29, 0.717) is 5.92 Å². The van der Waals surface area contributed by atoms with Crippen molar-refractivity contribution >= 4 is 0 Å². The molecule has 0 saturated heterocycles. The van der Waals surface area contributed by atoms with Gasteiger partial charge in [-0.2, -0.15) is 0 Å². The molecule has 2 heteroatoms. The lowest BCUT2D eigenvalue weighted by molar-refractivity contribution is -0.0778. The van der Waals surface area contributed by atoms with Crippen LogP contribution >= 0.6 is 0 Å². The van der Waals surface area contributed by atoms with Crippen LogP contribution in [0.5, 0.6) is 0 Å². The molecule has 0 aromatic rings. The molecule has 3 unspecified atom stereocenters. The zero-order chi connectivity index (χ0) is 12.1. The van der Waals surface area contributed by atoms with E-state index in [9.17, 15) is 5.11 Å². The van der Waals surface area contributed by atoms with Gasteiger partial charge in [-0.1, -0.05) is 47.5 Å². The average molecular weight is 216 g/mol. The highest BCUT2D eigenvalue weighted by Gasteiger charge is 2.31.